The molecule has 0 spiro atoms. The summed E-state index contributed by atoms with van der Waals surface area (Å²) in [5, 5.41) is 0. The normalized spacial score (nSPS) is 15.2. The number of halogens is 1. The van der Waals surface area contributed by atoms with Gasteiger partial charge in [-0.3, -0.25) is 0 Å². The van der Waals surface area contributed by atoms with Gasteiger partial charge in [0, 0.05) is 6.42 Å². The average Bonchev–Trinajstić information content (AvgIpc) is 2.40. The van der Waals surface area contributed by atoms with Crippen LogP contribution in [0.4, 0.5) is 4.39 Å². The fourth-order valence-electron chi connectivity index (χ4n) is 1.77. The highest BCUT2D eigenvalue weighted by atomic mass is 19.1. The van der Waals surface area contributed by atoms with Crippen LogP contribution in [0.5, 0.6) is 0 Å². The minimum Gasteiger partial charge on any atom is -0.211 e. The van der Waals surface area contributed by atoms with E-state index >= 15 is 0 Å². The standard InChI is InChI=1S/C11H11F/c1-2-9-10-6-4-3-5-8(10)7-11(9)12/h3-6H,2,7H2,1H3. The lowest BCUT2D eigenvalue weighted by Gasteiger charge is -2.00. The van der Waals surface area contributed by atoms with E-state index in [0.717, 1.165) is 23.1 Å². The molecule has 0 saturated heterocycles. The van der Waals surface area contributed by atoms with Gasteiger partial charge in [-0.1, -0.05) is 31.2 Å². The zero-order chi connectivity index (χ0) is 8.55. The minimum absolute atomic E-state index is 0.0544. The highest BCUT2D eigenvalue weighted by Gasteiger charge is 2.18. The van der Waals surface area contributed by atoms with Crippen molar-refractivity contribution in [3.63, 3.8) is 0 Å². The minimum atomic E-state index is 0.0544. The molecule has 1 heteroatoms. The molecule has 0 unspecified atom stereocenters. The molecule has 1 aliphatic rings. The Morgan fingerprint density at radius 3 is 2.83 bits per heavy atom. The summed E-state index contributed by atoms with van der Waals surface area (Å²) >= 11 is 0. The van der Waals surface area contributed by atoms with Crippen LogP contribution in [0.1, 0.15) is 24.5 Å². The summed E-state index contributed by atoms with van der Waals surface area (Å²) in [7, 11) is 0. The Morgan fingerprint density at radius 2 is 2.08 bits per heavy atom. The summed E-state index contributed by atoms with van der Waals surface area (Å²) in [4.78, 5) is 0. The van der Waals surface area contributed by atoms with E-state index in [9.17, 15) is 4.39 Å². The van der Waals surface area contributed by atoms with E-state index in [0.29, 0.717) is 6.42 Å². The van der Waals surface area contributed by atoms with Crippen molar-refractivity contribution in [1.82, 2.24) is 0 Å². The summed E-state index contributed by atoms with van der Waals surface area (Å²) in [6.45, 7) is 2.00. The van der Waals surface area contributed by atoms with E-state index < -0.39 is 0 Å². The van der Waals surface area contributed by atoms with Crippen LogP contribution in [0, 0.1) is 0 Å². The predicted molar refractivity (Wildman–Crippen MR) is 48.5 cm³/mol. The Labute approximate surface area is 71.7 Å². The lowest BCUT2D eigenvalue weighted by Crippen LogP contribution is -1.81. The van der Waals surface area contributed by atoms with E-state index in [1.807, 2.05) is 31.2 Å². The molecule has 0 aliphatic heterocycles. The SMILES string of the molecule is CCC1=C(F)Cc2ccccc21. The molecule has 0 aromatic heterocycles. The first-order valence-corrected chi connectivity index (χ1v) is 4.28. The molecule has 0 N–H and O–H groups in total. The van der Waals surface area contributed by atoms with Crippen LogP contribution in [0.2, 0.25) is 0 Å². The van der Waals surface area contributed by atoms with Crippen LogP contribution in [0.15, 0.2) is 30.1 Å². The summed E-state index contributed by atoms with van der Waals surface area (Å²) < 4.78 is 13.3. The Bertz CT molecular complexity index is 337. The fraction of sp³-hybridized carbons (Fsp3) is 0.273. The van der Waals surface area contributed by atoms with Crippen molar-refractivity contribution in [3.05, 3.63) is 41.2 Å². The van der Waals surface area contributed by atoms with Crippen molar-refractivity contribution < 1.29 is 4.39 Å². The highest BCUT2D eigenvalue weighted by molar-refractivity contribution is 5.74. The molecule has 1 aliphatic carbocycles. The summed E-state index contributed by atoms with van der Waals surface area (Å²) in [6.07, 6.45) is 1.29. The van der Waals surface area contributed by atoms with Gasteiger partial charge in [0.2, 0.25) is 0 Å². The Balaban J connectivity index is 2.53. The van der Waals surface area contributed by atoms with Crippen molar-refractivity contribution in [2.45, 2.75) is 19.8 Å². The van der Waals surface area contributed by atoms with E-state index in [-0.39, 0.29) is 5.83 Å². The maximum atomic E-state index is 13.3. The fourth-order valence-corrected chi connectivity index (χ4v) is 1.77. The molecule has 62 valence electrons. The molecule has 1 aromatic rings. The molecule has 0 amide bonds. The predicted octanol–water partition coefficient (Wildman–Crippen LogP) is 3.33. The van der Waals surface area contributed by atoms with Crippen molar-refractivity contribution in [3.8, 4) is 0 Å². The Morgan fingerprint density at radius 1 is 1.33 bits per heavy atom. The summed E-state index contributed by atoms with van der Waals surface area (Å²) in [5.41, 5.74) is 3.13. The van der Waals surface area contributed by atoms with Crippen LogP contribution < -0.4 is 0 Å². The molecule has 2 rings (SSSR count). The Hall–Kier alpha value is -1.11. The second kappa shape index (κ2) is 2.74. The second-order valence-corrected chi connectivity index (χ2v) is 3.07. The van der Waals surface area contributed by atoms with Gasteiger partial charge in [0.15, 0.2) is 0 Å². The van der Waals surface area contributed by atoms with E-state index in [1.54, 1.807) is 0 Å². The lowest BCUT2D eigenvalue weighted by molar-refractivity contribution is 0.621. The molecule has 0 saturated carbocycles. The molecular formula is C11H11F. The van der Waals surface area contributed by atoms with E-state index in [4.69, 9.17) is 0 Å². The van der Waals surface area contributed by atoms with Gasteiger partial charge in [-0.15, -0.1) is 0 Å². The summed E-state index contributed by atoms with van der Waals surface area (Å²) in [5.74, 6) is 0.0544. The molecule has 0 atom stereocenters. The van der Waals surface area contributed by atoms with Gasteiger partial charge in [-0.05, 0) is 23.1 Å². The van der Waals surface area contributed by atoms with Gasteiger partial charge in [-0.2, -0.15) is 0 Å². The number of hydrogen-bond acceptors (Lipinski definition) is 0. The van der Waals surface area contributed by atoms with Gasteiger partial charge in [0.25, 0.3) is 0 Å². The van der Waals surface area contributed by atoms with Gasteiger partial charge in [0.05, 0.1) is 0 Å². The monoisotopic (exact) mass is 162 g/mol. The van der Waals surface area contributed by atoms with Crippen molar-refractivity contribution in [2.75, 3.05) is 0 Å². The second-order valence-electron chi connectivity index (χ2n) is 3.07. The first-order chi connectivity index (χ1) is 5.83. The van der Waals surface area contributed by atoms with Crippen molar-refractivity contribution in [1.29, 1.82) is 0 Å². The van der Waals surface area contributed by atoms with Crippen LogP contribution in [0.3, 0.4) is 0 Å². The number of rotatable bonds is 1. The highest BCUT2D eigenvalue weighted by Crippen LogP contribution is 2.34. The molecule has 12 heavy (non-hydrogen) atoms. The van der Waals surface area contributed by atoms with Crippen LogP contribution in [-0.2, 0) is 6.42 Å². The third-order valence-corrected chi connectivity index (χ3v) is 2.37. The molecule has 0 fully saturated rings. The first-order valence-electron chi connectivity index (χ1n) is 4.28. The lowest BCUT2D eigenvalue weighted by atomic mass is 10.0. The zero-order valence-electron chi connectivity index (χ0n) is 7.10. The maximum Gasteiger partial charge on any atom is 0.108 e. The Kier molecular flexibility index (Phi) is 1.72. The third kappa shape index (κ3) is 0.970. The van der Waals surface area contributed by atoms with Gasteiger partial charge in [0.1, 0.15) is 5.83 Å². The third-order valence-electron chi connectivity index (χ3n) is 2.37. The van der Waals surface area contributed by atoms with Crippen molar-refractivity contribution in [2.24, 2.45) is 0 Å². The van der Waals surface area contributed by atoms with Gasteiger partial charge >= 0.3 is 0 Å². The van der Waals surface area contributed by atoms with Crippen LogP contribution in [-0.4, -0.2) is 0 Å². The maximum absolute atomic E-state index is 13.3. The smallest absolute Gasteiger partial charge is 0.108 e. The largest absolute Gasteiger partial charge is 0.211 e. The molecule has 0 bridgehead atoms. The van der Waals surface area contributed by atoms with Gasteiger partial charge < -0.3 is 0 Å². The molecular weight excluding hydrogens is 151 g/mol. The first kappa shape index (κ1) is 7.53. The molecule has 1 aromatic carbocycles. The van der Waals surface area contributed by atoms with Crippen LogP contribution >= 0.6 is 0 Å². The number of hydrogen-bond donors (Lipinski definition) is 0. The number of fused-ring (bicyclic) bond motifs is 1. The van der Waals surface area contributed by atoms with Crippen LogP contribution in [0.25, 0.3) is 5.57 Å². The topological polar surface area (TPSA) is 0 Å². The van der Waals surface area contributed by atoms with Crippen molar-refractivity contribution >= 4 is 5.57 Å². The summed E-state index contributed by atoms with van der Waals surface area (Å²) in [6, 6.07) is 7.93. The average molecular weight is 162 g/mol. The molecule has 0 heterocycles. The van der Waals surface area contributed by atoms with Gasteiger partial charge in [-0.25, -0.2) is 4.39 Å². The van der Waals surface area contributed by atoms with E-state index in [1.165, 1.54) is 0 Å². The quantitative estimate of drug-likeness (QED) is 0.594. The van der Waals surface area contributed by atoms with E-state index in [2.05, 4.69) is 0 Å². The molecule has 0 nitrogen and oxygen atoms in total. The number of allylic oxidation sites excluding steroid dienone is 2. The zero-order valence-corrected chi connectivity index (χ0v) is 7.10. The number of benzene rings is 1. The molecule has 0 radical (unpaired) electrons.